The van der Waals surface area contributed by atoms with Crippen molar-refractivity contribution in [2.24, 2.45) is 0 Å². The van der Waals surface area contributed by atoms with E-state index >= 15 is 0 Å². The van der Waals surface area contributed by atoms with Crippen molar-refractivity contribution in [2.75, 3.05) is 4.90 Å². The molecule has 1 aromatic heterocycles. The summed E-state index contributed by atoms with van der Waals surface area (Å²) in [4.78, 5) is 2.39. The lowest BCUT2D eigenvalue weighted by molar-refractivity contribution is 1.18. The molecular weight excluding hydrogens is 797 g/mol. The molecule has 310 valence electrons. The highest BCUT2D eigenvalue weighted by molar-refractivity contribution is 6.14. The summed E-state index contributed by atoms with van der Waals surface area (Å²) >= 11 is 0. The summed E-state index contributed by atoms with van der Waals surface area (Å²) in [7, 11) is 0. The molecular formula is C64H44N2. The van der Waals surface area contributed by atoms with Crippen LogP contribution < -0.4 is 4.90 Å². The molecule has 0 aliphatic carbocycles. The Morgan fingerprint density at radius 3 is 1.52 bits per heavy atom. The molecule has 0 unspecified atom stereocenters. The van der Waals surface area contributed by atoms with Crippen molar-refractivity contribution in [1.82, 2.24) is 4.57 Å². The first-order chi connectivity index (χ1) is 32.7. The number of aromatic nitrogens is 1. The van der Waals surface area contributed by atoms with Crippen LogP contribution >= 0.6 is 0 Å². The van der Waals surface area contributed by atoms with Gasteiger partial charge in [-0.3, -0.25) is 0 Å². The summed E-state index contributed by atoms with van der Waals surface area (Å²) in [6, 6.07) is 96.8. The number of fused-ring (bicyclic) bond motifs is 4. The largest absolute Gasteiger partial charge is 0.310 e. The van der Waals surface area contributed by atoms with E-state index in [1.165, 1.54) is 77.1 Å². The fourth-order valence-electron chi connectivity index (χ4n) is 9.88. The minimum absolute atomic E-state index is 1.08. The molecule has 2 nitrogen and oxygen atoms in total. The van der Waals surface area contributed by atoms with Gasteiger partial charge in [-0.25, -0.2) is 0 Å². The molecule has 0 aliphatic heterocycles. The predicted octanol–water partition coefficient (Wildman–Crippen LogP) is 17.7. The second kappa shape index (κ2) is 16.8. The third-order valence-electron chi connectivity index (χ3n) is 13.0. The highest BCUT2D eigenvalue weighted by Crippen LogP contribution is 2.43. The van der Waals surface area contributed by atoms with Gasteiger partial charge in [-0.1, -0.05) is 206 Å². The first-order valence-electron chi connectivity index (χ1n) is 22.7. The van der Waals surface area contributed by atoms with Crippen molar-refractivity contribution in [2.45, 2.75) is 0 Å². The van der Waals surface area contributed by atoms with Crippen LogP contribution in [0.15, 0.2) is 267 Å². The van der Waals surface area contributed by atoms with E-state index in [1.807, 2.05) is 0 Å². The molecule has 0 spiro atoms. The van der Waals surface area contributed by atoms with E-state index in [1.54, 1.807) is 0 Å². The minimum Gasteiger partial charge on any atom is -0.310 e. The Morgan fingerprint density at radius 1 is 0.258 bits per heavy atom. The van der Waals surface area contributed by atoms with E-state index in [0.717, 1.165) is 33.9 Å². The van der Waals surface area contributed by atoms with Crippen molar-refractivity contribution in [3.05, 3.63) is 267 Å². The average molecular weight is 841 g/mol. The lowest BCUT2D eigenvalue weighted by Crippen LogP contribution is -2.10. The molecule has 0 bridgehead atoms. The van der Waals surface area contributed by atoms with E-state index in [-0.39, 0.29) is 0 Å². The van der Waals surface area contributed by atoms with E-state index in [0.29, 0.717) is 0 Å². The van der Waals surface area contributed by atoms with Gasteiger partial charge in [0, 0.05) is 39.1 Å². The Balaban J connectivity index is 0.990. The fraction of sp³-hybridized carbons (Fsp3) is 0. The van der Waals surface area contributed by atoms with Crippen LogP contribution in [-0.4, -0.2) is 4.57 Å². The molecule has 2 heteroatoms. The van der Waals surface area contributed by atoms with E-state index in [4.69, 9.17) is 0 Å². The quantitative estimate of drug-likeness (QED) is 0.141. The summed E-state index contributed by atoms with van der Waals surface area (Å²) in [6.07, 6.45) is 0. The van der Waals surface area contributed by atoms with Crippen LogP contribution in [0.25, 0.3) is 93.9 Å². The number of para-hydroxylation sites is 3. The number of hydrogen-bond acceptors (Lipinski definition) is 1. The number of nitrogens with zero attached hydrogens (tertiary/aromatic N) is 2. The number of benzene rings is 11. The third kappa shape index (κ3) is 7.02. The van der Waals surface area contributed by atoms with Crippen molar-refractivity contribution in [3.8, 4) is 61.3 Å². The van der Waals surface area contributed by atoms with Gasteiger partial charge in [-0.05, 0) is 122 Å². The maximum Gasteiger partial charge on any atom is 0.0619 e. The number of rotatable bonds is 9. The summed E-state index contributed by atoms with van der Waals surface area (Å²) in [6.45, 7) is 0. The van der Waals surface area contributed by atoms with Gasteiger partial charge in [0.1, 0.15) is 0 Å². The van der Waals surface area contributed by atoms with Crippen LogP contribution in [0.1, 0.15) is 0 Å². The Labute approximate surface area is 385 Å². The van der Waals surface area contributed by atoms with Crippen LogP contribution in [0.5, 0.6) is 0 Å². The standard InChI is InChI=1S/C64H44N2/c1-4-17-46(18-5-1)58-42-37-50(44-62(58)48-19-6-2-7-20-48)45-33-38-53(39-34-45)65(54-40-35-49(36-41-54)57-29-15-22-47-21-10-11-27-56(47)57)55-26-14-23-51(43-55)59-30-16-31-61-60-28-12-13-32-63(60)66(64(59)61)52-24-8-3-9-25-52/h1-44H. The van der Waals surface area contributed by atoms with Crippen LogP contribution in [0.2, 0.25) is 0 Å². The van der Waals surface area contributed by atoms with Crippen LogP contribution in [-0.2, 0) is 0 Å². The second-order valence-electron chi connectivity index (χ2n) is 16.9. The Hall–Kier alpha value is -8.72. The highest BCUT2D eigenvalue weighted by atomic mass is 15.1. The van der Waals surface area contributed by atoms with Crippen molar-refractivity contribution < 1.29 is 0 Å². The van der Waals surface area contributed by atoms with Crippen LogP contribution in [0.4, 0.5) is 17.1 Å². The van der Waals surface area contributed by atoms with Gasteiger partial charge in [0.25, 0.3) is 0 Å². The zero-order valence-electron chi connectivity index (χ0n) is 36.3. The molecule has 0 aliphatic rings. The molecule has 11 aromatic carbocycles. The number of anilines is 3. The second-order valence-corrected chi connectivity index (χ2v) is 16.9. The zero-order valence-corrected chi connectivity index (χ0v) is 36.3. The number of hydrogen-bond donors (Lipinski definition) is 0. The van der Waals surface area contributed by atoms with Crippen molar-refractivity contribution >= 4 is 49.6 Å². The van der Waals surface area contributed by atoms with Gasteiger partial charge in [-0.15, -0.1) is 0 Å². The molecule has 0 radical (unpaired) electrons. The van der Waals surface area contributed by atoms with Gasteiger partial charge in [0.15, 0.2) is 0 Å². The van der Waals surface area contributed by atoms with Gasteiger partial charge in [0.05, 0.1) is 11.0 Å². The maximum atomic E-state index is 2.42. The first kappa shape index (κ1) is 38.9. The first-order valence-corrected chi connectivity index (χ1v) is 22.7. The van der Waals surface area contributed by atoms with E-state index in [2.05, 4.69) is 276 Å². The topological polar surface area (TPSA) is 8.17 Å². The monoisotopic (exact) mass is 840 g/mol. The Morgan fingerprint density at radius 2 is 0.773 bits per heavy atom. The summed E-state index contributed by atoms with van der Waals surface area (Å²) in [5.41, 5.74) is 18.7. The molecule has 0 amide bonds. The van der Waals surface area contributed by atoms with Gasteiger partial charge in [-0.2, -0.15) is 0 Å². The summed E-state index contributed by atoms with van der Waals surface area (Å²) in [5.74, 6) is 0. The molecule has 66 heavy (non-hydrogen) atoms. The normalized spacial score (nSPS) is 11.3. The van der Waals surface area contributed by atoms with Crippen molar-refractivity contribution in [3.63, 3.8) is 0 Å². The molecule has 12 aromatic rings. The lowest BCUT2D eigenvalue weighted by Gasteiger charge is -2.27. The molecule has 0 N–H and O–H groups in total. The van der Waals surface area contributed by atoms with Crippen LogP contribution in [0, 0.1) is 0 Å². The van der Waals surface area contributed by atoms with Crippen LogP contribution in [0.3, 0.4) is 0 Å². The lowest BCUT2D eigenvalue weighted by atomic mass is 9.91. The molecule has 12 rings (SSSR count). The summed E-state index contributed by atoms with van der Waals surface area (Å²) in [5, 5.41) is 4.97. The maximum absolute atomic E-state index is 2.42. The van der Waals surface area contributed by atoms with Gasteiger partial charge < -0.3 is 9.47 Å². The molecule has 1 heterocycles. The molecule has 0 saturated heterocycles. The molecule has 0 atom stereocenters. The SMILES string of the molecule is c1ccc(-c2ccc(-c3ccc(N(c4ccc(-c5cccc6ccccc56)cc4)c4cccc(-c5cccc6c7ccccc7n(-c7ccccc7)c56)c4)cc3)cc2-c2ccccc2)cc1. The molecule has 0 saturated carbocycles. The zero-order chi connectivity index (χ0) is 43.8. The van der Waals surface area contributed by atoms with E-state index in [9.17, 15) is 0 Å². The van der Waals surface area contributed by atoms with E-state index < -0.39 is 0 Å². The smallest absolute Gasteiger partial charge is 0.0619 e. The average Bonchev–Trinajstić information content (AvgIpc) is 3.74. The van der Waals surface area contributed by atoms with Gasteiger partial charge >= 0.3 is 0 Å². The fourth-order valence-corrected chi connectivity index (χ4v) is 9.88. The minimum atomic E-state index is 1.08. The summed E-state index contributed by atoms with van der Waals surface area (Å²) < 4.78 is 2.42. The Kier molecular flexibility index (Phi) is 9.89. The molecule has 0 fully saturated rings. The highest BCUT2D eigenvalue weighted by Gasteiger charge is 2.19. The van der Waals surface area contributed by atoms with Gasteiger partial charge in [0.2, 0.25) is 0 Å². The predicted molar refractivity (Wildman–Crippen MR) is 280 cm³/mol. The third-order valence-corrected chi connectivity index (χ3v) is 13.0. The Bertz CT molecular complexity index is 3660. The van der Waals surface area contributed by atoms with Crippen molar-refractivity contribution in [1.29, 1.82) is 0 Å².